The van der Waals surface area contributed by atoms with E-state index in [9.17, 15) is 0 Å². The zero-order valence-corrected chi connectivity index (χ0v) is 8.89. The molecule has 0 N–H and O–H groups in total. The Balaban J connectivity index is 2.95. The van der Waals surface area contributed by atoms with Crippen LogP contribution in [-0.4, -0.2) is 38.0 Å². The van der Waals surface area contributed by atoms with Gasteiger partial charge in [0.15, 0.2) is 0 Å². The van der Waals surface area contributed by atoms with Crippen LogP contribution in [0.1, 0.15) is 13.8 Å². The van der Waals surface area contributed by atoms with E-state index in [2.05, 4.69) is 51.8 Å². The minimum Gasteiger partial charge on any atom is -0.376 e. The molecule has 0 saturated carbocycles. The van der Waals surface area contributed by atoms with E-state index in [4.69, 9.17) is 0 Å². The van der Waals surface area contributed by atoms with Crippen LogP contribution in [0.3, 0.4) is 0 Å². The van der Waals surface area contributed by atoms with Gasteiger partial charge < -0.3 is 9.80 Å². The van der Waals surface area contributed by atoms with Gasteiger partial charge in [-0.15, -0.1) is 0 Å². The van der Waals surface area contributed by atoms with E-state index in [-0.39, 0.29) is 0 Å². The van der Waals surface area contributed by atoms with Gasteiger partial charge in [-0.25, -0.2) is 0 Å². The summed E-state index contributed by atoms with van der Waals surface area (Å²) < 4.78 is 0. The van der Waals surface area contributed by atoms with Gasteiger partial charge >= 0.3 is 0 Å². The Morgan fingerprint density at radius 1 is 0.667 bits per heavy atom. The third kappa shape index (κ3) is 1.11. The molecule has 2 heteroatoms. The molecule has 0 unspecified atom stereocenters. The smallest absolute Gasteiger partial charge is 0.0634 e. The Morgan fingerprint density at radius 2 is 0.917 bits per heavy atom. The van der Waals surface area contributed by atoms with Crippen LogP contribution < -0.4 is 0 Å². The monoisotopic (exact) mass is 166 g/mol. The second-order valence-electron chi connectivity index (χ2n) is 3.74. The highest BCUT2D eigenvalue weighted by Gasteiger charge is 2.25. The van der Waals surface area contributed by atoms with E-state index in [1.165, 1.54) is 22.5 Å². The third-order valence-corrected chi connectivity index (χ3v) is 2.39. The highest BCUT2D eigenvalue weighted by atomic mass is 15.2. The van der Waals surface area contributed by atoms with Crippen molar-refractivity contribution in [3.05, 3.63) is 22.5 Å². The summed E-state index contributed by atoms with van der Waals surface area (Å²) in [6.07, 6.45) is 0. The van der Waals surface area contributed by atoms with Gasteiger partial charge in [0.1, 0.15) is 0 Å². The number of hydrogen-bond donors (Lipinski definition) is 0. The predicted molar refractivity (Wildman–Crippen MR) is 52.8 cm³/mol. The quantitative estimate of drug-likeness (QED) is 0.615. The molecule has 0 aliphatic heterocycles. The fourth-order valence-corrected chi connectivity index (χ4v) is 1.74. The molecule has 0 heterocycles. The lowest BCUT2D eigenvalue weighted by molar-refractivity contribution is 0.435. The first-order chi connectivity index (χ1) is 5.46. The third-order valence-electron chi connectivity index (χ3n) is 2.39. The average molecular weight is 166 g/mol. The Morgan fingerprint density at radius 3 is 1.08 bits per heavy atom. The molecule has 0 atom stereocenters. The van der Waals surface area contributed by atoms with Crippen molar-refractivity contribution in [1.82, 2.24) is 9.80 Å². The fraction of sp³-hybridized carbons (Fsp3) is 0.600. The Hall–Kier alpha value is -0.920. The highest BCUT2D eigenvalue weighted by Crippen LogP contribution is 2.36. The zero-order chi connectivity index (χ0) is 9.46. The first-order valence-electron chi connectivity index (χ1n) is 4.24. The first-order valence-corrected chi connectivity index (χ1v) is 4.24. The molecule has 2 nitrogen and oxygen atoms in total. The minimum absolute atomic E-state index is 1.37. The van der Waals surface area contributed by atoms with Gasteiger partial charge in [-0.2, -0.15) is 0 Å². The highest BCUT2D eigenvalue weighted by molar-refractivity contribution is 5.56. The summed E-state index contributed by atoms with van der Waals surface area (Å²) in [5.41, 5.74) is 5.59. The van der Waals surface area contributed by atoms with Crippen LogP contribution in [0.4, 0.5) is 0 Å². The van der Waals surface area contributed by atoms with Crippen LogP contribution in [0.2, 0.25) is 0 Å². The van der Waals surface area contributed by atoms with Gasteiger partial charge in [-0.1, -0.05) is 0 Å². The number of likely N-dealkylation sites (N-methyl/N-ethyl adjacent to an activating group) is 2. The molecule has 0 radical (unpaired) electrons. The summed E-state index contributed by atoms with van der Waals surface area (Å²) in [5.74, 6) is 0. The SMILES string of the molecule is CC1=C(C)C(N(C)C)=C1N(C)C. The number of allylic oxidation sites excluding steroid dienone is 2. The van der Waals surface area contributed by atoms with Crippen molar-refractivity contribution in [1.29, 1.82) is 0 Å². The van der Waals surface area contributed by atoms with Crippen molar-refractivity contribution in [2.45, 2.75) is 13.8 Å². The molecule has 0 spiro atoms. The van der Waals surface area contributed by atoms with E-state index in [0.717, 1.165) is 0 Å². The lowest BCUT2D eigenvalue weighted by Crippen LogP contribution is -2.29. The molecule has 1 aliphatic carbocycles. The number of hydrogen-bond acceptors (Lipinski definition) is 2. The number of rotatable bonds is 2. The molecule has 0 amide bonds. The maximum atomic E-state index is 2.18. The van der Waals surface area contributed by atoms with Crippen LogP contribution in [0.15, 0.2) is 22.5 Å². The molecule has 68 valence electrons. The van der Waals surface area contributed by atoms with E-state index >= 15 is 0 Å². The van der Waals surface area contributed by atoms with Crippen LogP contribution >= 0.6 is 0 Å². The first kappa shape index (κ1) is 9.17. The average Bonchev–Trinajstić information content (AvgIpc) is 1.96. The molecule has 0 aromatic rings. The van der Waals surface area contributed by atoms with Gasteiger partial charge in [0.2, 0.25) is 0 Å². The summed E-state index contributed by atoms with van der Waals surface area (Å²) >= 11 is 0. The van der Waals surface area contributed by atoms with Gasteiger partial charge in [-0.3, -0.25) is 0 Å². The zero-order valence-electron chi connectivity index (χ0n) is 8.89. The van der Waals surface area contributed by atoms with Crippen molar-refractivity contribution in [3.8, 4) is 0 Å². The summed E-state index contributed by atoms with van der Waals surface area (Å²) in [5, 5.41) is 0. The molecule has 0 aromatic heterocycles. The van der Waals surface area contributed by atoms with Crippen LogP contribution in [0.25, 0.3) is 0 Å². The topological polar surface area (TPSA) is 6.48 Å². The van der Waals surface area contributed by atoms with Crippen molar-refractivity contribution >= 4 is 0 Å². The number of nitrogens with zero attached hydrogens (tertiary/aromatic N) is 2. The van der Waals surface area contributed by atoms with E-state index in [1.54, 1.807) is 0 Å². The normalized spacial score (nSPS) is 16.5. The van der Waals surface area contributed by atoms with Crippen LogP contribution in [0, 0.1) is 0 Å². The molecule has 0 fully saturated rings. The fourth-order valence-electron chi connectivity index (χ4n) is 1.74. The largest absolute Gasteiger partial charge is 0.376 e. The maximum absolute atomic E-state index is 2.18. The second-order valence-corrected chi connectivity index (χ2v) is 3.74. The summed E-state index contributed by atoms with van der Waals surface area (Å²) in [6, 6.07) is 0. The summed E-state index contributed by atoms with van der Waals surface area (Å²) in [7, 11) is 8.37. The van der Waals surface area contributed by atoms with Gasteiger partial charge in [-0.05, 0) is 25.0 Å². The molecule has 0 aromatic carbocycles. The summed E-state index contributed by atoms with van der Waals surface area (Å²) in [6.45, 7) is 4.36. The van der Waals surface area contributed by atoms with Gasteiger partial charge in [0, 0.05) is 28.2 Å². The molecule has 1 rings (SSSR count). The Bertz CT molecular complexity index is 231. The van der Waals surface area contributed by atoms with Crippen molar-refractivity contribution in [3.63, 3.8) is 0 Å². The second kappa shape index (κ2) is 2.85. The van der Waals surface area contributed by atoms with Crippen molar-refractivity contribution < 1.29 is 0 Å². The van der Waals surface area contributed by atoms with E-state index < -0.39 is 0 Å². The Kier molecular flexibility index (Phi) is 2.18. The van der Waals surface area contributed by atoms with Crippen molar-refractivity contribution in [2.75, 3.05) is 28.2 Å². The maximum Gasteiger partial charge on any atom is 0.0634 e. The lowest BCUT2D eigenvalue weighted by Gasteiger charge is -2.36. The summed E-state index contributed by atoms with van der Waals surface area (Å²) in [4.78, 5) is 4.36. The predicted octanol–water partition coefficient (Wildman–Crippen LogP) is 1.67. The van der Waals surface area contributed by atoms with E-state index in [0.29, 0.717) is 0 Å². The molecule has 0 bridgehead atoms. The van der Waals surface area contributed by atoms with Crippen LogP contribution in [-0.2, 0) is 0 Å². The lowest BCUT2D eigenvalue weighted by atomic mass is 9.91. The molecule has 0 saturated heterocycles. The molecular weight excluding hydrogens is 148 g/mol. The molecular formula is C10H18N2. The van der Waals surface area contributed by atoms with Crippen LogP contribution in [0.5, 0.6) is 0 Å². The Labute approximate surface area is 75.2 Å². The molecule has 1 aliphatic rings. The standard InChI is InChI=1S/C10H18N2/c1-7-8(2)10(12(5)6)9(7)11(3)4/h1-6H3. The van der Waals surface area contributed by atoms with Gasteiger partial charge in [0.05, 0.1) is 11.4 Å². The van der Waals surface area contributed by atoms with Gasteiger partial charge in [0.25, 0.3) is 0 Å². The minimum atomic E-state index is 1.37. The van der Waals surface area contributed by atoms with E-state index in [1.807, 2.05) is 0 Å². The molecule has 12 heavy (non-hydrogen) atoms. The van der Waals surface area contributed by atoms with Crippen molar-refractivity contribution in [2.24, 2.45) is 0 Å².